The predicted octanol–water partition coefficient (Wildman–Crippen LogP) is 3.01. The molecule has 2 atom stereocenters. The first-order valence-corrected chi connectivity index (χ1v) is 6.88. The summed E-state index contributed by atoms with van der Waals surface area (Å²) in [7, 11) is 1.69. The fraction of sp³-hybridized carbons (Fsp3) is 0.294. The highest BCUT2D eigenvalue weighted by Crippen LogP contribution is 2.42. The minimum atomic E-state index is 0.0212. The van der Waals surface area contributed by atoms with Gasteiger partial charge in [0.25, 0.3) is 0 Å². The highest BCUT2D eigenvalue weighted by Gasteiger charge is 2.28. The van der Waals surface area contributed by atoms with E-state index in [2.05, 4.69) is 24.3 Å². The van der Waals surface area contributed by atoms with E-state index in [9.17, 15) is 0 Å². The van der Waals surface area contributed by atoms with Crippen molar-refractivity contribution < 1.29 is 9.47 Å². The normalized spacial score (nSPS) is 18.2. The lowest BCUT2D eigenvalue weighted by atomic mass is 9.99. The van der Waals surface area contributed by atoms with Gasteiger partial charge in [0, 0.05) is 23.6 Å². The molecule has 0 saturated carbocycles. The Morgan fingerprint density at radius 1 is 1.15 bits per heavy atom. The van der Waals surface area contributed by atoms with Crippen molar-refractivity contribution in [1.82, 2.24) is 0 Å². The van der Waals surface area contributed by atoms with Gasteiger partial charge in [0.15, 0.2) is 0 Å². The Bertz CT molecular complexity index is 622. The lowest BCUT2D eigenvalue weighted by molar-refractivity contribution is 0.207. The Balaban J connectivity index is 2.08. The van der Waals surface area contributed by atoms with Crippen molar-refractivity contribution in [2.24, 2.45) is 5.73 Å². The Labute approximate surface area is 119 Å². The number of ether oxygens (including phenoxy) is 2. The van der Waals surface area contributed by atoms with E-state index in [1.54, 1.807) is 7.11 Å². The third-order valence-corrected chi connectivity index (χ3v) is 3.77. The smallest absolute Gasteiger partial charge is 0.131 e. The molecule has 1 aliphatic heterocycles. The number of rotatable bonds is 3. The average molecular weight is 269 g/mol. The van der Waals surface area contributed by atoms with Crippen LogP contribution in [-0.2, 0) is 6.42 Å². The van der Waals surface area contributed by atoms with E-state index in [0.29, 0.717) is 0 Å². The molecule has 2 aromatic carbocycles. The van der Waals surface area contributed by atoms with Crippen LogP contribution in [0.1, 0.15) is 12.5 Å². The largest absolute Gasteiger partial charge is 0.496 e. The minimum absolute atomic E-state index is 0.0212. The highest BCUT2D eigenvalue weighted by atomic mass is 16.5. The molecular formula is C17H19NO2. The summed E-state index contributed by atoms with van der Waals surface area (Å²) in [6.45, 7) is 1.99. The first kappa shape index (κ1) is 13.0. The molecule has 2 unspecified atom stereocenters. The van der Waals surface area contributed by atoms with Crippen molar-refractivity contribution >= 4 is 0 Å². The van der Waals surface area contributed by atoms with Gasteiger partial charge in [-0.1, -0.05) is 36.4 Å². The van der Waals surface area contributed by atoms with Gasteiger partial charge in [0.2, 0.25) is 0 Å². The molecule has 2 aromatic rings. The van der Waals surface area contributed by atoms with Crippen LogP contribution >= 0.6 is 0 Å². The monoisotopic (exact) mass is 269 g/mol. The van der Waals surface area contributed by atoms with E-state index in [1.807, 2.05) is 25.1 Å². The molecule has 20 heavy (non-hydrogen) atoms. The standard InChI is InChI=1S/C17H19NO2/c1-11(18)16-10-12-6-5-8-14(17(12)20-16)13-7-3-4-9-15(13)19-2/h3-9,11,16H,10,18H2,1-2H3. The number of nitrogens with two attached hydrogens (primary N) is 1. The van der Waals surface area contributed by atoms with Gasteiger partial charge < -0.3 is 15.2 Å². The molecule has 3 nitrogen and oxygen atoms in total. The molecular weight excluding hydrogens is 250 g/mol. The maximum Gasteiger partial charge on any atom is 0.131 e. The van der Waals surface area contributed by atoms with E-state index in [1.165, 1.54) is 5.56 Å². The van der Waals surface area contributed by atoms with Crippen molar-refractivity contribution in [3.63, 3.8) is 0 Å². The van der Waals surface area contributed by atoms with Crippen molar-refractivity contribution in [3.05, 3.63) is 48.0 Å². The number of para-hydroxylation sites is 2. The van der Waals surface area contributed by atoms with E-state index in [-0.39, 0.29) is 12.1 Å². The van der Waals surface area contributed by atoms with Crippen molar-refractivity contribution in [2.45, 2.75) is 25.5 Å². The summed E-state index contributed by atoms with van der Waals surface area (Å²) in [5.74, 6) is 1.80. The van der Waals surface area contributed by atoms with Gasteiger partial charge in [-0.2, -0.15) is 0 Å². The molecule has 0 radical (unpaired) electrons. The minimum Gasteiger partial charge on any atom is -0.496 e. The molecule has 0 saturated heterocycles. The fourth-order valence-electron chi connectivity index (χ4n) is 2.67. The van der Waals surface area contributed by atoms with Gasteiger partial charge in [0.05, 0.1) is 7.11 Å². The molecule has 0 spiro atoms. The zero-order valence-corrected chi connectivity index (χ0v) is 11.8. The van der Waals surface area contributed by atoms with Crippen LogP contribution in [0.25, 0.3) is 11.1 Å². The fourth-order valence-corrected chi connectivity index (χ4v) is 2.67. The second kappa shape index (κ2) is 5.17. The third-order valence-electron chi connectivity index (χ3n) is 3.77. The number of hydrogen-bond acceptors (Lipinski definition) is 3. The van der Waals surface area contributed by atoms with E-state index in [4.69, 9.17) is 15.2 Å². The van der Waals surface area contributed by atoms with Gasteiger partial charge in [-0.15, -0.1) is 0 Å². The van der Waals surface area contributed by atoms with Crippen molar-refractivity contribution in [2.75, 3.05) is 7.11 Å². The second-order valence-corrected chi connectivity index (χ2v) is 5.21. The number of benzene rings is 2. The van der Waals surface area contributed by atoms with Crippen LogP contribution in [0.2, 0.25) is 0 Å². The Hall–Kier alpha value is -2.00. The van der Waals surface area contributed by atoms with Gasteiger partial charge >= 0.3 is 0 Å². The molecule has 0 aliphatic carbocycles. The lowest BCUT2D eigenvalue weighted by Crippen LogP contribution is -2.34. The molecule has 3 rings (SSSR count). The van der Waals surface area contributed by atoms with E-state index < -0.39 is 0 Å². The molecule has 104 valence electrons. The number of fused-ring (bicyclic) bond motifs is 1. The van der Waals surface area contributed by atoms with Crippen LogP contribution in [-0.4, -0.2) is 19.3 Å². The van der Waals surface area contributed by atoms with Crippen LogP contribution in [0, 0.1) is 0 Å². The summed E-state index contributed by atoms with van der Waals surface area (Å²) < 4.78 is 11.5. The molecule has 2 N–H and O–H groups in total. The zero-order valence-electron chi connectivity index (χ0n) is 11.8. The molecule has 0 aromatic heterocycles. The van der Waals surface area contributed by atoms with Gasteiger partial charge in [-0.3, -0.25) is 0 Å². The average Bonchev–Trinajstić information content (AvgIpc) is 2.91. The lowest BCUT2D eigenvalue weighted by Gasteiger charge is -2.16. The molecule has 3 heteroatoms. The SMILES string of the molecule is COc1ccccc1-c1cccc2c1OC(C(C)N)C2. The van der Waals surface area contributed by atoms with Crippen LogP contribution in [0.4, 0.5) is 0 Å². The Kier molecular flexibility index (Phi) is 3.36. The predicted molar refractivity (Wildman–Crippen MR) is 80.2 cm³/mol. The summed E-state index contributed by atoms with van der Waals surface area (Å²) in [6, 6.07) is 14.3. The number of methoxy groups -OCH3 is 1. The third kappa shape index (κ3) is 2.14. The summed E-state index contributed by atoms with van der Waals surface area (Å²) in [5.41, 5.74) is 9.32. The number of hydrogen-bond donors (Lipinski definition) is 1. The van der Waals surface area contributed by atoms with Crippen LogP contribution in [0.3, 0.4) is 0 Å². The summed E-state index contributed by atoms with van der Waals surface area (Å²) in [6.07, 6.45) is 0.927. The summed E-state index contributed by atoms with van der Waals surface area (Å²) >= 11 is 0. The van der Waals surface area contributed by atoms with Gasteiger partial charge in [-0.25, -0.2) is 0 Å². The molecule has 0 bridgehead atoms. The molecule has 1 heterocycles. The van der Waals surface area contributed by atoms with Gasteiger partial charge in [0.1, 0.15) is 17.6 Å². The first-order valence-electron chi connectivity index (χ1n) is 6.88. The maximum atomic E-state index is 6.07. The zero-order chi connectivity index (χ0) is 14.1. The molecule has 0 fully saturated rings. The first-order chi connectivity index (χ1) is 9.70. The van der Waals surface area contributed by atoms with Crippen LogP contribution < -0.4 is 15.2 Å². The topological polar surface area (TPSA) is 44.5 Å². The maximum absolute atomic E-state index is 6.07. The molecule has 0 amide bonds. The van der Waals surface area contributed by atoms with Gasteiger partial charge in [-0.05, 0) is 18.6 Å². The highest BCUT2D eigenvalue weighted by molar-refractivity contribution is 5.77. The quantitative estimate of drug-likeness (QED) is 0.931. The second-order valence-electron chi connectivity index (χ2n) is 5.21. The Morgan fingerprint density at radius 2 is 1.90 bits per heavy atom. The summed E-state index contributed by atoms with van der Waals surface area (Å²) in [4.78, 5) is 0. The Morgan fingerprint density at radius 3 is 2.65 bits per heavy atom. The van der Waals surface area contributed by atoms with Crippen molar-refractivity contribution in [1.29, 1.82) is 0 Å². The van der Waals surface area contributed by atoms with Crippen molar-refractivity contribution in [3.8, 4) is 22.6 Å². The van der Waals surface area contributed by atoms with E-state index in [0.717, 1.165) is 29.0 Å². The summed E-state index contributed by atoms with van der Waals surface area (Å²) in [5, 5.41) is 0. The molecule has 1 aliphatic rings. The van der Waals surface area contributed by atoms with Crippen LogP contribution in [0.15, 0.2) is 42.5 Å². The van der Waals surface area contributed by atoms with Crippen LogP contribution in [0.5, 0.6) is 11.5 Å². The van der Waals surface area contributed by atoms with E-state index >= 15 is 0 Å².